The van der Waals surface area contributed by atoms with Gasteiger partial charge in [0.1, 0.15) is 35.6 Å². The summed E-state index contributed by atoms with van der Waals surface area (Å²) in [6.07, 6.45) is -5.71. The summed E-state index contributed by atoms with van der Waals surface area (Å²) in [6, 6.07) is 17.7. The predicted molar refractivity (Wildman–Crippen MR) is 150 cm³/mol. The fourth-order valence-corrected chi connectivity index (χ4v) is 4.93. The fourth-order valence-electron chi connectivity index (χ4n) is 4.01. The molecular formula is C29H25F3N2O7S. The quantitative estimate of drug-likeness (QED) is 0.105. The first kappa shape index (κ1) is 30.2. The molecule has 3 aromatic carbocycles. The third-order valence-corrected chi connectivity index (χ3v) is 7.08. The van der Waals surface area contributed by atoms with Gasteiger partial charge in [0.15, 0.2) is 4.88 Å². The molecule has 4 aromatic rings. The molecule has 0 bridgehead atoms. The molecule has 0 unspecified atom stereocenters. The summed E-state index contributed by atoms with van der Waals surface area (Å²) < 4.78 is 62.3. The number of halogens is 3. The Morgan fingerprint density at radius 1 is 1.02 bits per heavy atom. The molecule has 0 spiro atoms. The van der Waals surface area contributed by atoms with Crippen LogP contribution in [-0.2, 0) is 17.5 Å². The lowest BCUT2D eigenvalue weighted by atomic mass is 10.0. The molecule has 0 saturated carbocycles. The van der Waals surface area contributed by atoms with Crippen LogP contribution in [0.1, 0.15) is 39.4 Å². The number of nitrogens with zero attached hydrogens (tertiary/aromatic N) is 1. The molecule has 1 atom stereocenters. The Kier molecular flexibility index (Phi) is 9.21. The van der Waals surface area contributed by atoms with Gasteiger partial charge in [0.05, 0.1) is 29.7 Å². The molecule has 0 aliphatic heterocycles. The molecule has 4 rings (SSSR count). The van der Waals surface area contributed by atoms with E-state index in [9.17, 15) is 28.1 Å². The van der Waals surface area contributed by atoms with E-state index >= 15 is 0 Å². The molecule has 0 aliphatic carbocycles. The maximum atomic E-state index is 13.6. The van der Waals surface area contributed by atoms with Crippen molar-refractivity contribution in [3.05, 3.63) is 104 Å². The van der Waals surface area contributed by atoms with E-state index in [0.717, 1.165) is 30.1 Å². The standard InChI is InChI=1S/C29H25F3N2O7S/c1-17(21-6-4-5-7-22(21)29(30,31)32)41-25-15-26(42-27(25)28(35)39-3)33-23-14-20(12-13-24(23)34(36)37)40-16-18-8-10-19(38-2)11-9-18/h4-15,17,33H,16H2,1-3H3/t17-/m1/s1. The predicted octanol–water partition coefficient (Wildman–Crippen LogP) is 7.93. The van der Waals surface area contributed by atoms with Crippen LogP contribution in [-0.4, -0.2) is 25.1 Å². The molecular weight excluding hydrogens is 577 g/mol. The summed E-state index contributed by atoms with van der Waals surface area (Å²) in [7, 11) is 2.71. The second kappa shape index (κ2) is 12.8. The lowest BCUT2D eigenvalue weighted by Crippen LogP contribution is -2.14. The van der Waals surface area contributed by atoms with Crippen molar-refractivity contribution in [2.24, 2.45) is 0 Å². The van der Waals surface area contributed by atoms with Crippen LogP contribution in [0.15, 0.2) is 72.8 Å². The van der Waals surface area contributed by atoms with E-state index in [2.05, 4.69) is 5.32 Å². The SMILES string of the molecule is COC(=O)c1sc(Nc2cc(OCc3ccc(OC)cc3)ccc2[N+](=O)[O-])cc1O[C@H](C)c1ccccc1C(F)(F)F. The zero-order valence-corrected chi connectivity index (χ0v) is 23.4. The Morgan fingerprint density at radius 2 is 1.71 bits per heavy atom. The smallest absolute Gasteiger partial charge is 0.416 e. The summed E-state index contributed by atoms with van der Waals surface area (Å²) in [6.45, 7) is 1.60. The number of nitro benzene ring substituents is 1. The van der Waals surface area contributed by atoms with Crippen LogP contribution in [0.3, 0.4) is 0 Å². The largest absolute Gasteiger partial charge is 0.497 e. The van der Waals surface area contributed by atoms with Crippen molar-refractivity contribution in [2.75, 3.05) is 19.5 Å². The monoisotopic (exact) mass is 602 g/mol. The highest BCUT2D eigenvalue weighted by molar-refractivity contribution is 7.18. The first-order chi connectivity index (χ1) is 20.0. The molecule has 1 aromatic heterocycles. The lowest BCUT2D eigenvalue weighted by molar-refractivity contribution is -0.383. The van der Waals surface area contributed by atoms with Gasteiger partial charge in [0.2, 0.25) is 0 Å². The molecule has 0 fully saturated rings. The van der Waals surface area contributed by atoms with Crippen LogP contribution < -0.4 is 19.5 Å². The van der Waals surface area contributed by atoms with Crippen LogP contribution in [0.2, 0.25) is 0 Å². The van der Waals surface area contributed by atoms with Crippen LogP contribution in [0, 0.1) is 10.1 Å². The summed E-state index contributed by atoms with van der Waals surface area (Å²) in [4.78, 5) is 23.6. The number of methoxy groups -OCH3 is 2. The number of carbonyl (C=O) groups is 1. The fraction of sp³-hybridized carbons (Fsp3) is 0.207. The van der Waals surface area contributed by atoms with Gasteiger partial charge in [0.25, 0.3) is 5.69 Å². The normalized spacial score (nSPS) is 11.9. The number of alkyl halides is 3. The number of carbonyl (C=O) groups excluding carboxylic acids is 1. The molecule has 0 aliphatic rings. The molecule has 1 heterocycles. The highest BCUT2D eigenvalue weighted by Crippen LogP contribution is 2.42. The van der Waals surface area contributed by atoms with Crippen molar-refractivity contribution in [1.82, 2.24) is 0 Å². The van der Waals surface area contributed by atoms with E-state index in [1.54, 1.807) is 19.2 Å². The summed E-state index contributed by atoms with van der Waals surface area (Å²) in [5.74, 6) is 0.182. The number of ether oxygens (including phenoxy) is 4. The average molecular weight is 603 g/mol. The van der Waals surface area contributed by atoms with Gasteiger partial charge < -0.3 is 24.3 Å². The second-order valence-electron chi connectivity index (χ2n) is 8.84. The Morgan fingerprint density at radius 3 is 2.36 bits per heavy atom. The van der Waals surface area contributed by atoms with Gasteiger partial charge in [-0.15, -0.1) is 11.3 Å². The Labute approximate surface area is 242 Å². The second-order valence-corrected chi connectivity index (χ2v) is 9.89. The number of rotatable bonds is 11. The van der Waals surface area contributed by atoms with Gasteiger partial charge in [-0.1, -0.05) is 30.3 Å². The van der Waals surface area contributed by atoms with E-state index in [1.807, 2.05) is 12.1 Å². The highest BCUT2D eigenvalue weighted by Gasteiger charge is 2.35. The third-order valence-electron chi connectivity index (χ3n) is 6.06. The minimum absolute atomic E-state index is 0.0362. The first-order valence-electron chi connectivity index (χ1n) is 12.4. The van der Waals surface area contributed by atoms with E-state index in [0.29, 0.717) is 11.5 Å². The summed E-state index contributed by atoms with van der Waals surface area (Å²) in [5, 5.41) is 14.9. The van der Waals surface area contributed by atoms with Gasteiger partial charge in [-0.25, -0.2) is 4.79 Å². The van der Waals surface area contributed by atoms with Gasteiger partial charge in [-0.05, 0) is 36.8 Å². The molecule has 0 amide bonds. The van der Waals surface area contributed by atoms with Crippen molar-refractivity contribution in [3.8, 4) is 17.2 Å². The molecule has 1 N–H and O–H groups in total. The minimum Gasteiger partial charge on any atom is -0.497 e. The molecule has 9 nitrogen and oxygen atoms in total. The van der Waals surface area contributed by atoms with E-state index < -0.39 is 28.7 Å². The first-order valence-corrected chi connectivity index (χ1v) is 13.2. The van der Waals surface area contributed by atoms with Crippen molar-refractivity contribution in [1.29, 1.82) is 0 Å². The zero-order chi connectivity index (χ0) is 30.4. The Balaban J connectivity index is 1.60. The Bertz CT molecular complexity index is 1570. The lowest BCUT2D eigenvalue weighted by Gasteiger charge is -2.19. The highest BCUT2D eigenvalue weighted by atomic mass is 32.1. The number of esters is 1. The minimum atomic E-state index is -4.61. The van der Waals surface area contributed by atoms with Gasteiger partial charge in [-0.2, -0.15) is 13.2 Å². The topological polar surface area (TPSA) is 109 Å². The maximum Gasteiger partial charge on any atom is 0.416 e. The molecule has 0 saturated heterocycles. The van der Waals surface area contributed by atoms with Crippen molar-refractivity contribution < 1.29 is 41.8 Å². The summed E-state index contributed by atoms with van der Waals surface area (Å²) in [5.41, 5.74) is -0.360. The van der Waals surface area contributed by atoms with Crippen molar-refractivity contribution >= 4 is 33.7 Å². The van der Waals surface area contributed by atoms with E-state index in [4.69, 9.17) is 18.9 Å². The van der Waals surface area contributed by atoms with Crippen molar-refractivity contribution in [2.45, 2.75) is 25.8 Å². The third kappa shape index (κ3) is 7.10. The number of nitro groups is 1. The van der Waals surface area contributed by atoms with Crippen LogP contribution in [0.25, 0.3) is 0 Å². The molecule has 13 heteroatoms. The van der Waals surface area contributed by atoms with Gasteiger partial charge >= 0.3 is 12.1 Å². The van der Waals surface area contributed by atoms with Crippen LogP contribution in [0.5, 0.6) is 17.2 Å². The molecule has 220 valence electrons. The van der Waals surface area contributed by atoms with Gasteiger partial charge in [0, 0.05) is 23.8 Å². The van der Waals surface area contributed by atoms with E-state index in [-0.39, 0.29) is 39.2 Å². The number of benzene rings is 3. The van der Waals surface area contributed by atoms with Crippen molar-refractivity contribution in [3.63, 3.8) is 0 Å². The Hall–Kier alpha value is -4.78. The molecule has 0 radical (unpaired) electrons. The van der Waals surface area contributed by atoms with Gasteiger partial charge in [-0.3, -0.25) is 10.1 Å². The number of anilines is 2. The van der Waals surface area contributed by atoms with Crippen LogP contribution in [0.4, 0.5) is 29.5 Å². The molecule has 42 heavy (non-hydrogen) atoms. The maximum absolute atomic E-state index is 13.6. The zero-order valence-electron chi connectivity index (χ0n) is 22.6. The van der Waals surface area contributed by atoms with E-state index in [1.165, 1.54) is 49.4 Å². The number of hydrogen-bond acceptors (Lipinski definition) is 9. The van der Waals surface area contributed by atoms with Crippen LogP contribution >= 0.6 is 11.3 Å². The number of hydrogen-bond donors (Lipinski definition) is 1. The number of nitrogens with one attached hydrogen (secondary N) is 1. The number of thiophene rings is 1. The average Bonchev–Trinajstić information content (AvgIpc) is 3.37. The summed E-state index contributed by atoms with van der Waals surface area (Å²) >= 11 is 0.866.